The van der Waals surface area contributed by atoms with Gasteiger partial charge in [-0.15, -0.1) is 0 Å². The van der Waals surface area contributed by atoms with Crippen LogP contribution in [-0.2, 0) is 16.7 Å². The molecule has 2 amide bonds. The minimum atomic E-state index is -3.68. The molecule has 0 unspecified atom stereocenters. The summed E-state index contributed by atoms with van der Waals surface area (Å²) < 4.78 is 33.9. The smallest absolute Gasteiger partial charge is 0.318 e. The summed E-state index contributed by atoms with van der Waals surface area (Å²) >= 11 is 0. The minimum absolute atomic E-state index is 0.0264. The molecule has 0 aromatic heterocycles. The van der Waals surface area contributed by atoms with Gasteiger partial charge in [0, 0.05) is 18.6 Å². The fourth-order valence-corrected chi connectivity index (χ4v) is 2.78. The number of rotatable bonds is 9. The highest BCUT2D eigenvalue weighted by Gasteiger charge is 2.21. The number of amides is 2. The van der Waals surface area contributed by atoms with Gasteiger partial charge in [-0.3, -0.25) is 0 Å². The van der Waals surface area contributed by atoms with Crippen LogP contribution in [0.5, 0.6) is 11.5 Å². The lowest BCUT2D eigenvalue weighted by Crippen LogP contribution is -2.46. The molecule has 0 fully saturated rings. The number of hydrogen-bond donors (Lipinski definition) is 1. The van der Waals surface area contributed by atoms with Gasteiger partial charge in [0.25, 0.3) is 0 Å². The van der Waals surface area contributed by atoms with Crippen LogP contribution < -0.4 is 14.2 Å². The van der Waals surface area contributed by atoms with Crippen molar-refractivity contribution >= 4 is 16.1 Å². The summed E-state index contributed by atoms with van der Waals surface area (Å²) in [5.74, 6) is 0.309. The van der Waals surface area contributed by atoms with Crippen LogP contribution in [0.3, 0.4) is 0 Å². The lowest BCUT2D eigenvalue weighted by atomic mass is 10.1. The van der Waals surface area contributed by atoms with Gasteiger partial charge < -0.3 is 19.1 Å². The van der Waals surface area contributed by atoms with E-state index in [4.69, 9.17) is 8.92 Å². The number of ether oxygens (including phenoxy) is 1. The number of carbonyl (C=O) groups is 1. The molecule has 8 heteroatoms. The van der Waals surface area contributed by atoms with Gasteiger partial charge in [-0.1, -0.05) is 13.0 Å². The summed E-state index contributed by atoms with van der Waals surface area (Å²) in [6.07, 6.45) is 0.801. The van der Waals surface area contributed by atoms with Gasteiger partial charge in [-0.25, -0.2) is 4.79 Å². The molecular formula is C18H30N2O5S. The average Bonchev–Trinajstić information content (AvgIpc) is 2.58. The Bertz CT molecular complexity index is 704. The molecule has 0 saturated carbocycles. The predicted octanol–water partition coefficient (Wildman–Crippen LogP) is 3.14. The van der Waals surface area contributed by atoms with Crippen LogP contribution in [0.15, 0.2) is 18.2 Å². The highest BCUT2D eigenvalue weighted by molar-refractivity contribution is 7.87. The highest BCUT2D eigenvalue weighted by Crippen LogP contribution is 2.30. The van der Waals surface area contributed by atoms with Crippen LogP contribution in [0.4, 0.5) is 4.79 Å². The number of nitrogens with one attached hydrogen (secondary N) is 1. The Morgan fingerprint density at radius 2 is 1.85 bits per heavy atom. The molecule has 0 aliphatic carbocycles. The molecule has 7 nitrogen and oxygen atoms in total. The monoisotopic (exact) mass is 386 g/mol. The Morgan fingerprint density at radius 1 is 1.19 bits per heavy atom. The Morgan fingerprint density at radius 3 is 2.35 bits per heavy atom. The Balaban J connectivity index is 3.13. The Labute approximate surface area is 156 Å². The molecule has 1 atom stereocenters. The number of benzene rings is 1. The van der Waals surface area contributed by atoms with E-state index in [1.807, 2.05) is 27.7 Å². The van der Waals surface area contributed by atoms with Gasteiger partial charge in [0.05, 0.1) is 12.9 Å². The maximum absolute atomic E-state index is 12.5. The summed E-state index contributed by atoms with van der Waals surface area (Å²) in [6.45, 7) is 9.63. The molecule has 148 valence electrons. The molecular weight excluding hydrogens is 356 g/mol. The van der Waals surface area contributed by atoms with E-state index < -0.39 is 10.1 Å². The largest absolute Gasteiger partial charge is 0.493 e. The third-order valence-corrected chi connectivity index (χ3v) is 5.09. The van der Waals surface area contributed by atoms with Gasteiger partial charge >= 0.3 is 16.1 Å². The van der Waals surface area contributed by atoms with E-state index in [1.54, 1.807) is 23.1 Å². The molecule has 0 aliphatic heterocycles. The first-order valence-electron chi connectivity index (χ1n) is 8.79. The van der Waals surface area contributed by atoms with Gasteiger partial charge in [-0.2, -0.15) is 8.42 Å². The summed E-state index contributed by atoms with van der Waals surface area (Å²) in [6, 6.07) is 4.93. The zero-order valence-electron chi connectivity index (χ0n) is 16.4. The van der Waals surface area contributed by atoms with E-state index in [-0.39, 0.29) is 29.6 Å². The first kappa shape index (κ1) is 22.1. The Hall–Kier alpha value is -1.96. The van der Waals surface area contributed by atoms with Gasteiger partial charge in [-0.05, 0) is 51.8 Å². The third-order valence-electron chi connectivity index (χ3n) is 3.95. The van der Waals surface area contributed by atoms with Crippen molar-refractivity contribution in [3.8, 4) is 11.5 Å². The second kappa shape index (κ2) is 9.66. The third kappa shape index (κ3) is 6.40. The van der Waals surface area contributed by atoms with Crippen LogP contribution in [0, 0.1) is 0 Å². The molecule has 0 radical (unpaired) electrons. The zero-order valence-corrected chi connectivity index (χ0v) is 17.2. The first-order valence-corrected chi connectivity index (χ1v) is 10.4. The van der Waals surface area contributed by atoms with Crippen LogP contribution in [-0.4, -0.2) is 44.3 Å². The molecule has 0 aliphatic rings. The van der Waals surface area contributed by atoms with Crippen LogP contribution >= 0.6 is 0 Å². The van der Waals surface area contributed by atoms with E-state index >= 15 is 0 Å². The van der Waals surface area contributed by atoms with E-state index in [0.29, 0.717) is 12.3 Å². The van der Waals surface area contributed by atoms with Gasteiger partial charge in [0.1, 0.15) is 0 Å². The number of nitrogens with zero attached hydrogens (tertiary/aromatic N) is 1. The minimum Gasteiger partial charge on any atom is -0.493 e. The number of hydrogen-bond acceptors (Lipinski definition) is 5. The zero-order chi connectivity index (χ0) is 19.9. The number of carbonyl (C=O) groups excluding carboxylic acids is 1. The van der Waals surface area contributed by atoms with Gasteiger partial charge in [0.2, 0.25) is 0 Å². The molecule has 1 aromatic carbocycles. The topological polar surface area (TPSA) is 84.9 Å². The number of methoxy groups -OCH3 is 1. The van der Waals surface area contributed by atoms with Crippen LogP contribution in [0.25, 0.3) is 0 Å². The SMILES string of the molecule is CC[C@@H](C)N(Cc1ccc(OC)c(OS(=O)(=O)CC)c1)C(=O)NC(C)C. The predicted molar refractivity (Wildman–Crippen MR) is 102 cm³/mol. The summed E-state index contributed by atoms with van der Waals surface area (Å²) in [5.41, 5.74) is 0.756. The highest BCUT2D eigenvalue weighted by atomic mass is 32.2. The molecule has 26 heavy (non-hydrogen) atoms. The lowest BCUT2D eigenvalue weighted by molar-refractivity contribution is 0.171. The molecule has 1 N–H and O–H groups in total. The molecule has 0 bridgehead atoms. The molecule has 0 spiro atoms. The molecule has 1 rings (SSSR count). The van der Waals surface area contributed by atoms with Crippen molar-refractivity contribution in [2.45, 2.75) is 59.7 Å². The first-order chi connectivity index (χ1) is 12.1. The fraction of sp³-hybridized carbons (Fsp3) is 0.611. The normalized spacial score (nSPS) is 12.6. The van der Waals surface area contributed by atoms with Crippen molar-refractivity contribution in [3.05, 3.63) is 23.8 Å². The standard InChI is InChI=1S/C18H30N2O5S/c1-7-14(5)20(18(21)19-13(3)4)12-15-9-10-16(24-6)17(11-15)25-26(22,23)8-2/h9-11,13-14H,7-8,12H2,1-6H3,(H,19,21)/t14-/m1/s1. The van der Waals surface area contributed by atoms with Crippen molar-refractivity contribution in [2.24, 2.45) is 0 Å². The quantitative estimate of drug-likeness (QED) is 0.659. The van der Waals surface area contributed by atoms with Crippen LogP contribution in [0.2, 0.25) is 0 Å². The fourth-order valence-electron chi connectivity index (χ4n) is 2.26. The van der Waals surface area contributed by atoms with E-state index in [2.05, 4.69) is 5.32 Å². The summed E-state index contributed by atoms with van der Waals surface area (Å²) in [7, 11) is -2.23. The maximum atomic E-state index is 12.5. The second-order valence-corrected chi connectivity index (χ2v) is 8.26. The summed E-state index contributed by atoms with van der Waals surface area (Å²) in [4.78, 5) is 14.2. The lowest BCUT2D eigenvalue weighted by Gasteiger charge is -2.30. The van der Waals surface area contributed by atoms with Crippen molar-refractivity contribution in [1.82, 2.24) is 10.2 Å². The molecule has 0 heterocycles. The van der Waals surface area contributed by atoms with Gasteiger partial charge in [0.15, 0.2) is 11.5 Å². The second-order valence-electron chi connectivity index (χ2n) is 6.40. The molecule has 1 aromatic rings. The number of urea groups is 1. The molecule has 0 saturated heterocycles. The average molecular weight is 387 g/mol. The maximum Gasteiger partial charge on any atom is 0.318 e. The van der Waals surface area contributed by atoms with E-state index in [1.165, 1.54) is 14.0 Å². The van der Waals surface area contributed by atoms with E-state index in [9.17, 15) is 13.2 Å². The van der Waals surface area contributed by atoms with Crippen molar-refractivity contribution in [1.29, 1.82) is 0 Å². The van der Waals surface area contributed by atoms with E-state index in [0.717, 1.165) is 12.0 Å². The van der Waals surface area contributed by atoms with Crippen molar-refractivity contribution < 1.29 is 22.1 Å². The van der Waals surface area contributed by atoms with Crippen molar-refractivity contribution in [3.63, 3.8) is 0 Å². The Kier molecular flexibility index (Phi) is 8.20. The van der Waals surface area contributed by atoms with Crippen LogP contribution in [0.1, 0.15) is 46.6 Å². The van der Waals surface area contributed by atoms with Crippen molar-refractivity contribution in [2.75, 3.05) is 12.9 Å². The summed E-state index contributed by atoms with van der Waals surface area (Å²) in [5, 5.41) is 2.90.